The Labute approximate surface area is 118 Å². The molecule has 3 heteroatoms. The SMILES string of the molecule is COC1(C)CCCN(CCNC(C2CC2)C2CC2)C1. The second kappa shape index (κ2) is 5.71. The fourth-order valence-electron chi connectivity index (χ4n) is 3.68. The second-order valence-electron chi connectivity index (χ2n) is 7.19. The van der Waals surface area contributed by atoms with E-state index < -0.39 is 0 Å². The van der Waals surface area contributed by atoms with Crippen molar-refractivity contribution in [3.8, 4) is 0 Å². The van der Waals surface area contributed by atoms with Gasteiger partial charge in [-0.3, -0.25) is 4.90 Å². The van der Waals surface area contributed by atoms with Gasteiger partial charge in [0.25, 0.3) is 0 Å². The molecule has 19 heavy (non-hydrogen) atoms. The molecule has 1 aliphatic heterocycles. The molecule has 3 nitrogen and oxygen atoms in total. The van der Waals surface area contributed by atoms with Crippen LogP contribution in [0.4, 0.5) is 0 Å². The molecule has 2 saturated carbocycles. The molecule has 3 aliphatic rings. The maximum absolute atomic E-state index is 5.67. The Morgan fingerprint density at radius 1 is 1.26 bits per heavy atom. The molecule has 0 bridgehead atoms. The molecule has 2 aliphatic carbocycles. The van der Waals surface area contributed by atoms with Gasteiger partial charge in [-0.05, 0) is 63.8 Å². The number of hydrogen-bond acceptors (Lipinski definition) is 3. The second-order valence-corrected chi connectivity index (χ2v) is 7.19. The van der Waals surface area contributed by atoms with Crippen LogP contribution >= 0.6 is 0 Å². The van der Waals surface area contributed by atoms with E-state index in [0.717, 1.165) is 31.0 Å². The highest BCUT2D eigenvalue weighted by atomic mass is 16.5. The van der Waals surface area contributed by atoms with Crippen LogP contribution < -0.4 is 5.32 Å². The van der Waals surface area contributed by atoms with Crippen LogP contribution in [0.5, 0.6) is 0 Å². The molecule has 0 radical (unpaired) electrons. The van der Waals surface area contributed by atoms with Gasteiger partial charge in [0.15, 0.2) is 0 Å². The number of hydrogen-bond donors (Lipinski definition) is 1. The number of rotatable bonds is 7. The number of likely N-dealkylation sites (tertiary alicyclic amines) is 1. The predicted octanol–water partition coefficient (Wildman–Crippen LogP) is 2.27. The van der Waals surface area contributed by atoms with Crippen LogP contribution in [0.15, 0.2) is 0 Å². The van der Waals surface area contributed by atoms with Crippen molar-refractivity contribution >= 4 is 0 Å². The molecule has 3 rings (SSSR count). The summed E-state index contributed by atoms with van der Waals surface area (Å²) in [5.41, 5.74) is 0.0879. The molecular weight excluding hydrogens is 236 g/mol. The van der Waals surface area contributed by atoms with Crippen molar-refractivity contribution in [2.75, 3.05) is 33.3 Å². The molecule has 1 saturated heterocycles. The first kappa shape index (κ1) is 13.8. The largest absolute Gasteiger partial charge is 0.377 e. The molecule has 0 aromatic carbocycles. The standard InChI is InChI=1S/C16H30N2O/c1-16(19-2)8-3-10-18(12-16)11-9-17-15(13-4-5-13)14-6-7-14/h13-15,17H,3-12H2,1-2H3. The van der Waals surface area contributed by atoms with Crippen LogP contribution in [-0.4, -0.2) is 49.8 Å². The molecule has 1 N–H and O–H groups in total. The normalized spacial score (nSPS) is 33.0. The van der Waals surface area contributed by atoms with E-state index >= 15 is 0 Å². The van der Waals surface area contributed by atoms with Crippen LogP contribution in [-0.2, 0) is 4.74 Å². The van der Waals surface area contributed by atoms with Gasteiger partial charge in [-0.15, -0.1) is 0 Å². The number of methoxy groups -OCH3 is 1. The quantitative estimate of drug-likeness (QED) is 0.765. The maximum Gasteiger partial charge on any atom is 0.0777 e. The minimum Gasteiger partial charge on any atom is -0.377 e. The topological polar surface area (TPSA) is 24.5 Å². The van der Waals surface area contributed by atoms with Crippen molar-refractivity contribution in [2.24, 2.45) is 11.8 Å². The summed E-state index contributed by atoms with van der Waals surface area (Å²) >= 11 is 0. The van der Waals surface area contributed by atoms with Gasteiger partial charge in [0.2, 0.25) is 0 Å². The van der Waals surface area contributed by atoms with Crippen molar-refractivity contribution < 1.29 is 4.74 Å². The highest BCUT2D eigenvalue weighted by Gasteiger charge is 2.41. The molecule has 1 unspecified atom stereocenters. The third-order valence-electron chi connectivity index (χ3n) is 5.30. The minimum absolute atomic E-state index is 0.0879. The summed E-state index contributed by atoms with van der Waals surface area (Å²) in [4.78, 5) is 2.58. The van der Waals surface area contributed by atoms with Gasteiger partial charge in [0, 0.05) is 32.8 Å². The Hall–Kier alpha value is -0.120. The van der Waals surface area contributed by atoms with Crippen LogP contribution in [0, 0.1) is 11.8 Å². The van der Waals surface area contributed by atoms with Crippen molar-refractivity contribution in [3.63, 3.8) is 0 Å². The fourth-order valence-corrected chi connectivity index (χ4v) is 3.68. The highest BCUT2D eigenvalue weighted by molar-refractivity contribution is 4.96. The van der Waals surface area contributed by atoms with Crippen molar-refractivity contribution in [3.05, 3.63) is 0 Å². The maximum atomic E-state index is 5.67. The summed E-state index contributed by atoms with van der Waals surface area (Å²) in [7, 11) is 1.86. The number of nitrogens with one attached hydrogen (secondary N) is 1. The van der Waals surface area contributed by atoms with E-state index in [1.54, 1.807) is 0 Å². The summed E-state index contributed by atoms with van der Waals surface area (Å²) in [6.07, 6.45) is 8.37. The van der Waals surface area contributed by atoms with Crippen molar-refractivity contribution in [2.45, 2.75) is 57.1 Å². The lowest BCUT2D eigenvalue weighted by molar-refractivity contribution is -0.0503. The van der Waals surface area contributed by atoms with Crippen LogP contribution in [0.1, 0.15) is 45.4 Å². The molecule has 110 valence electrons. The minimum atomic E-state index is 0.0879. The Balaban J connectivity index is 1.39. The lowest BCUT2D eigenvalue weighted by atomic mass is 9.95. The first-order valence-electron chi connectivity index (χ1n) is 8.21. The van der Waals surface area contributed by atoms with E-state index in [0.29, 0.717) is 0 Å². The van der Waals surface area contributed by atoms with Gasteiger partial charge in [-0.2, -0.15) is 0 Å². The summed E-state index contributed by atoms with van der Waals surface area (Å²) in [5, 5.41) is 3.85. The van der Waals surface area contributed by atoms with Gasteiger partial charge in [0.1, 0.15) is 0 Å². The van der Waals surface area contributed by atoms with Crippen LogP contribution in [0.3, 0.4) is 0 Å². The van der Waals surface area contributed by atoms with Gasteiger partial charge in [0.05, 0.1) is 5.60 Å². The van der Waals surface area contributed by atoms with Gasteiger partial charge in [-0.1, -0.05) is 0 Å². The zero-order valence-corrected chi connectivity index (χ0v) is 12.7. The molecule has 0 aromatic heterocycles. The van der Waals surface area contributed by atoms with E-state index in [-0.39, 0.29) is 5.60 Å². The van der Waals surface area contributed by atoms with E-state index in [9.17, 15) is 0 Å². The van der Waals surface area contributed by atoms with E-state index in [2.05, 4.69) is 17.1 Å². The summed E-state index contributed by atoms with van der Waals surface area (Å²) < 4.78 is 5.67. The van der Waals surface area contributed by atoms with E-state index in [1.165, 1.54) is 51.6 Å². The fraction of sp³-hybridized carbons (Fsp3) is 1.00. The third-order valence-corrected chi connectivity index (χ3v) is 5.30. The number of piperidine rings is 1. The lowest BCUT2D eigenvalue weighted by Crippen LogP contribution is -2.49. The summed E-state index contributed by atoms with van der Waals surface area (Å²) in [5.74, 6) is 2.02. The smallest absolute Gasteiger partial charge is 0.0777 e. The Morgan fingerprint density at radius 3 is 2.53 bits per heavy atom. The number of ether oxygens (including phenoxy) is 1. The highest BCUT2D eigenvalue weighted by Crippen LogP contribution is 2.44. The monoisotopic (exact) mass is 266 g/mol. The van der Waals surface area contributed by atoms with Gasteiger partial charge < -0.3 is 10.1 Å². The molecule has 1 atom stereocenters. The van der Waals surface area contributed by atoms with Crippen LogP contribution in [0.25, 0.3) is 0 Å². The van der Waals surface area contributed by atoms with Crippen LogP contribution in [0.2, 0.25) is 0 Å². The lowest BCUT2D eigenvalue weighted by Gasteiger charge is -2.39. The summed E-state index contributed by atoms with van der Waals surface area (Å²) in [6, 6.07) is 0.846. The molecule has 0 amide bonds. The zero-order valence-electron chi connectivity index (χ0n) is 12.7. The molecule has 3 fully saturated rings. The summed E-state index contributed by atoms with van der Waals surface area (Å²) in [6.45, 7) is 6.96. The van der Waals surface area contributed by atoms with E-state index in [1.807, 2.05) is 7.11 Å². The Kier molecular flexibility index (Phi) is 4.16. The van der Waals surface area contributed by atoms with Gasteiger partial charge >= 0.3 is 0 Å². The average molecular weight is 266 g/mol. The molecule has 1 heterocycles. The third kappa shape index (κ3) is 3.71. The van der Waals surface area contributed by atoms with Crippen molar-refractivity contribution in [1.29, 1.82) is 0 Å². The van der Waals surface area contributed by atoms with E-state index in [4.69, 9.17) is 4.74 Å². The first-order chi connectivity index (χ1) is 9.20. The van der Waals surface area contributed by atoms with Crippen molar-refractivity contribution in [1.82, 2.24) is 10.2 Å². The van der Waals surface area contributed by atoms with Gasteiger partial charge in [-0.25, -0.2) is 0 Å². The first-order valence-corrected chi connectivity index (χ1v) is 8.21. The Bertz CT molecular complexity index is 289. The predicted molar refractivity (Wildman–Crippen MR) is 78.3 cm³/mol. The number of nitrogens with zero attached hydrogens (tertiary/aromatic N) is 1. The zero-order chi connectivity index (χ0) is 13.3. The molecular formula is C16H30N2O. The Morgan fingerprint density at radius 2 is 1.95 bits per heavy atom. The average Bonchev–Trinajstić information content (AvgIpc) is 3.28. The molecule has 0 aromatic rings. The molecule has 0 spiro atoms.